The Morgan fingerprint density at radius 3 is 2.35 bits per heavy atom. The molecule has 0 atom stereocenters. The number of nitrogens with zero attached hydrogens (tertiary/aromatic N) is 1. The predicted molar refractivity (Wildman–Crippen MR) is 75.6 cm³/mol. The van der Waals surface area contributed by atoms with Crippen LogP contribution in [0.1, 0.15) is 22.3 Å². The summed E-state index contributed by atoms with van der Waals surface area (Å²) in [6.45, 7) is 0.286. The molecule has 110 valence electrons. The van der Waals surface area contributed by atoms with E-state index in [1.807, 2.05) is 0 Å². The minimum absolute atomic E-state index is 0.0369. The smallest absolute Gasteiger partial charge is 0.251 e. The van der Waals surface area contributed by atoms with Crippen molar-refractivity contribution >= 4 is 21.6 Å². The molecule has 0 radical (unpaired) electrons. The topological polar surface area (TPSA) is 122 Å². The number of carbonyl (C=O) groups excluding carboxylic acids is 1. The van der Waals surface area contributed by atoms with E-state index in [1.54, 1.807) is 24.3 Å². The maximum atomic E-state index is 11.7. The van der Waals surface area contributed by atoms with Crippen molar-refractivity contribution in [2.45, 2.75) is 6.42 Å². The first-order valence-electron chi connectivity index (χ1n) is 5.87. The number of hydrogen-bond donors (Lipinski definition) is 3. The fourth-order valence-corrected chi connectivity index (χ4v) is 2.16. The highest BCUT2D eigenvalue weighted by Gasteiger charge is 2.07. The van der Waals surface area contributed by atoms with E-state index in [2.05, 4.69) is 10.5 Å². The van der Waals surface area contributed by atoms with Gasteiger partial charge in [0.1, 0.15) is 9.84 Å². The minimum atomic E-state index is -3.01. The lowest BCUT2D eigenvalue weighted by molar-refractivity contribution is 0.0953. The standard InChI is InChI=1S/C12H17N3O4S/c1-20(18,19)8-2-7-14-12(16)10-5-3-9(4-6-10)11(13)15-17/h3-6,17H,2,7-8H2,1H3,(H2,13,15)(H,14,16). The molecular formula is C12H17N3O4S. The lowest BCUT2D eigenvalue weighted by atomic mass is 10.1. The summed E-state index contributed by atoms with van der Waals surface area (Å²) in [5, 5.41) is 14.0. The number of oxime groups is 1. The van der Waals surface area contributed by atoms with E-state index in [0.29, 0.717) is 17.5 Å². The summed E-state index contributed by atoms with van der Waals surface area (Å²) in [6.07, 6.45) is 1.52. The van der Waals surface area contributed by atoms with Gasteiger partial charge in [0.05, 0.1) is 5.75 Å². The van der Waals surface area contributed by atoms with Crippen LogP contribution >= 0.6 is 0 Å². The molecule has 0 saturated carbocycles. The lowest BCUT2D eigenvalue weighted by Crippen LogP contribution is -2.26. The van der Waals surface area contributed by atoms with E-state index in [4.69, 9.17) is 10.9 Å². The molecule has 0 spiro atoms. The molecule has 0 aliphatic rings. The van der Waals surface area contributed by atoms with Gasteiger partial charge in [0.25, 0.3) is 5.91 Å². The van der Waals surface area contributed by atoms with Gasteiger partial charge in [0.15, 0.2) is 5.84 Å². The Balaban J connectivity index is 2.52. The maximum absolute atomic E-state index is 11.7. The summed E-state index contributed by atoms with van der Waals surface area (Å²) in [7, 11) is -3.01. The zero-order valence-electron chi connectivity index (χ0n) is 11.0. The zero-order valence-corrected chi connectivity index (χ0v) is 11.9. The average Bonchev–Trinajstić information content (AvgIpc) is 2.41. The number of amides is 1. The Morgan fingerprint density at radius 1 is 1.30 bits per heavy atom. The zero-order chi connectivity index (χ0) is 15.2. The van der Waals surface area contributed by atoms with Crippen LogP contribution in [0.5, 0.6) is 0 Å². The van der Waals surface area contributed by atoms with Gasteiger partial charge in [0.2, 0.25) is 0 Å². The summed E-state index contributed by atoms with van der Waals surface area (Å²) < 4.78 is 21.8. The SMILES string of the molecule is CS(=O)(=O)CCCNC(=O)c1ccc(C(N)=NO)cc1. The number of carbonyl (C=O) groups is 1. The van der Waals surface area contributed by atoms with Crippen LogP contribution in [-0.4, -0.2) is 43.9 Å². The molecule has 1 rings (SSSR count). The molecule has 1 aromatic rings. The third kappa shape index (κ3) is 5.27. The van der Waals surface area contributed by atoms with Crippen molar-refractivity contribution in [1.82, 2.24) is 5.32 Å². The predicted octanol–water partition coefficient (Wildman–Crippen LogP) is -0.0544. The van der Waals surface area contributed by atoms with Crippen molar-refractivity contribution in [2.24, 2.45) is 10.9 Å². The first-order valence-corrected chi connectivity index (χ1v) is 7.93. The second-order valence-electron chi connectivity index (χ2n) is 4.30. The molecule has 1 amide bonds. The van der Waals surface area contributed by atoms with E-state index in [0.717, 1.165) is 6.26 Å². The Labute approximate surface area is 117 Å². The van der Waals surface area contributed by atoms with Crippen LogP contribution < -0.4 is 11.1 Å². The van der Waals surface area contributed by atoms with Gasteiger partial charge in [-0.2, -0.15) is 0 Å². The monoisotopic (exact) mass is 299 g/mol. The lowest BCUT2D eigenvalue weighted by Gasteiger charge is -2.05. The van der Waals surface area contributed by atoms with Crippen molar-refractivity contribution in [3.05, 3.63) is 35.4 Å². The van der Waals surface area contributed by atoms with Crippen LogP contribution in [0, 0.1) is 0 Å². The summed E-state index contributed by atoms with van der Waals surface area (Å²) in [5.41, 5.74) is 6.32. The highest BCUT2D eigenvalue weighted by molar-refractivity contribution is 7.90. The van der Waals surface area contributed by atoms with Gasteiger partial charge < -0.3 is 16.3 Å². The second-order valence-corrected chi connectivity index (χ2v) is 6.56. The molecule has 0 fully saturated rings. The number of rotatable bonds is 6. The largest absolute Gasteiger partial charge is 0.409 e. The molecule has 0 bridgehead atoms. The number of sulfone groups is 1. The van der Waals surface area contributed by atoms with Crippen LogP contribution in [0.15, 0.2) is 29.4 Å². The molecular weight excluding hydrogens is 282 g/mol. The van der Waals surface area contributed by atoms with Crippen molar-refractivity contribution < 1.29 is 18.4 Å². The van der Waals surface area contributed by atoms with Gasteiger partial charge in [-0.05, 0) is 18.6 Å². The number of benzene rings is 1. The van der Waals surface area contributed by atoms with Crippen LogP contribution in [-0.2, 0) is 9.84 Å². The fraction of sp³-hybridized carbons (Fsp3) is 0.333. The van der Waals surface area contributed by atoms with Crippen LogP contribution in [0.4, 0.5) is 0 Å². The van der Waals surface area contributed by atoms with Gasteiger partial charge in [-0.3, -0.25) is 4.79 Å². The Hall–Kier alpha value is -2.09. The van der Waals surface area contributed by atoms with E-state index >= 15 is 0 Å². The van der Waals surface area contributed by atoms with Gasteiger partial charge in [-0.25, -0.2) is 8.42 Å². The average molecular weight is 299 g/mol. The maximum Gasteiger partial charge on any atom is 0.251 e. The first kappa shape index (κ1) is 16.0. The third-order valence-electron chi connectivity index (χ3n) is 2.53. The second kappa shape index (κ2) is 6.90. The van der Waals surface area contributed by atoms with Crippen molar-refractivity contribution in [3.8, 4) is 0 Å². The number of amidine groups is 1. The van der Waals surface area contributed by atoms with Gasteiger partial charge in [-0.15, -0.1) is 0 Å². The van der Waals surface area contributed by atoms with E-state index in [9.17, 15) is 13.2 Å². The minimum Gasteiger partial charge on any atom is -0.409 e. The third-order valence-corrected chi connectivity index (χ3v) is 3.56. The fourth-order valence-electron chi connectivity index (χ4n) is 1.49. The van der Waals surface area contributed by atoms with Gasteiger partial charge in [0, 0.05) is 23.9 Å². The molecule has 0 aliphatic carbocycles. The summed E-state index contributed by atoms with van der Waals surface area (Å²) in [4.78, 5) is 11.7. The normalized spacial score (nSPS) is 12.2. The Kier molecular flexibility index (Phi) is 5.51. The molecule has 7 nitrogen and oxygen atoms in total. The van der Waals surface area contributed by atoms with E-state index in [-0.39, 0.29) is 24.0 Å². The Bertz CT molecular complexity index is 594. The summed E-state index contributed by atoms with van der Waals surface area (Å²) in [6, 6.07) is 6.19. The molecule has 0 saturated heterocycles. The van der Waals surface area contributed by atoms with E-state index in [1.165, 1.54) is 0 Å². The molecule has 8 heteroatoms. The van der Waals surface area contributed by atoms with Gasteiger partial charge in [-0.1, -0.05) is 17.3 Å². The van der Waals surface area contributed by atoms with Crippen molar-refractivity contribution in [1.29, 1.82) is 0 Å². The van der Waals surface area contributed by atoms with Crippen LogP contribution in [0.25, 0.3) is 0 Å². The molecule has 1 aromatic carbocycles. The number of nitrogens with one attached hydrogen (secondary N) is 1. The highest BCUT2D eigenvalue weighted by Crippen LogP contribution is 2.04. The summed E-state index contributed by atoms with van der Waals surface area (Å²) in [5.74, 6) is -0.301. The van der Waals surface area contributed by atoms with Crippen molar-refractivity contribution in [3.63, 3.8) is 0 Å². The molecule has 0 heterocycles. The van der Waals surface area contributed by atoms with Crippen LogP contribution in [0.3, 0.4) is 0 Å². The molecule has 0 aliphatic heterocycles. The first-order chi connectivity index (χ1) is 9.33. The quantitative estimate of drug-likeness (QED) is 0.223. The molecule has 0 unspecified atom stereocenters. The number of hydrogen-bond acceptors (Lipinski definition) is 5. The highest BCUT2D eigenvalue weighted by atomic mass is 32.2. The molecule has 4 N–H and O–H groups in total. The molecule has 20 heavy (non-hydrogen) atoms. The van der Waals surface area contributed by atoms with Crippen molar-refractivity contribution in [2.75, 3.05) is 18.6 Å². The van der Waals surface area contributed by atoms with E-state index < -0.39 is 9.84 Å². The van der Waals surface area contributed by atoms with Gasteiger partial charge >= 0.3 is 0 Å². The Morgan fingerprint density at radius 2 is 1.85 bits per heavy atom. The molecule has 0 aromatic heterocycles. The summed E-state index contributed by atoms with van der Waals surface area (Å²) >= 11 is 0. The number of nitrogens with two attached hydrogens (primary N) is 1. The van der Waals surface area contributed by atoms with Crippen LogP contribution in [0.2, 0.25) is 0 Å².